The lowest BCUT2D eigenvalue weighted by Gasteiger charge is -2.26. The molecule has 0 bridgehead atoms. The van der Waals surface area contributed by atoms with Crippen molar-refractivity contribution in [2.75, 3.05) is 37.4 Å². The van der Waals surface area contributed by atoms with E-state index in [-0.39, 0.29) is 0 Å². The van der Waals surface area contributed by atoms with E-state index >= 15 is 0 Å². The number of hydrogen-bond donors (Lipinski definition) is 3. The van der Waals surface area contributed by atoms with E-state index in [0.717, 1.165) is 85.1 Å². The molecule has 5 rings (SSSR count). The van der Waals surface area contributed by atoms with Gasteiger partial charge in [0, 0.05) is 47.5 Å². The molecule has 1 fully saturated rings. The van der Waals surface area contributed by atoms with E-state index in [1.54, 1.807) is 0 Å². The molecule has 186 valence electrons. The summed E-state index contributed by atoms with van der Waals surface area (Å²) in [6.07, 6.45) is 4.34. The van der Waals surface area contributed by atoms with Crippen molar-refractivity contribution in [2.45, 2.75) is 33.2 Å². The minimum atomic E-state index is 0.513. The van der Waals surface area contributed by atoms with Crippen LogP contribution in [0.1, 0.15) is 36.6 Å². The molecular formula is C30H35N5O. The Kier molecular flexibility index (Phi) is 7.35. The van der Waals surface area contributed by atoms with Gasteiger partial charge in [-0.25, -0.2) is 4.98 Å². The monoisotopic (exact) mass is 481 g/mol. The number of aromatic nitrogens is 2. The van der Waals surface area contributed by atoms with Crippen LogP contribution in [0, 0.1) is 6.92 Å². The van der Waals surface area contributed by atoms with Gasteiger partial charge < -0.3 is 20.8 Å². The summed E-state index contributed by atoms with van der Waals surface area (Å²) in [5, 5.41) is 4.90. The first kappa shape index (κ1) is 24.1. The zero-order valence-corrected chi connectivity index (χ0v) is 21.2. The number of nitrogen functional groups attached to an aromatic ring is 1. The number of fused-ring (bicyclic) bond motifs is 1. The van der Waals surface area contributed by atoms with Crippen LogP contribution in [0.5, 0.6) is 0 Å². The van der Waals surface area contributed by atoms with Crippen molar-refractivity contribution in [2.24, 2.45) is 0 Å². The number of benzene rings is 2. The molecule has 0 spiro atoms. The topological polar surface area (TPSA) is 79.2 Å². The highest BCUT2D eigenvalue weighted by Crippen LogP contribution is 2.35. The Morgan fingerprint density at radius 3 is 2.69 bits per heavy atom. The van der Waals surface area contributed by atoms with E-state index in [9.17, 15) is 0 Å². The van der Waals surface area contributed by atoms with Gasteiger partial charge in [0.05, 0.1) is 24.6 Å². The van der Waals surface area contributed by atoms with Crippen molar-refractivity contribution in [3.05, 3.63) is 83.6 Å². The van der Waals surface area contributed by atoms with Crippen molar-refractivity contribution in [3.8, 4) is 11.3 Å². The summed E-state index contributed by atoms with van der Waals surface area (Å²) in [5.74, 6) is 0.513. The van der Waals surface area contributed by atoms with Gasteiger partial charge in [-0.2, -0.15) is 0 Å². The maximum atomic E-state index is 6.23. The van der Waals surface area contributed by atoms with Gasteiger partial charge in [0.2, 0.25) is 0 Å². The van der Waals surface area contributed by atoms with Crippen molar-refractivity contribution in [1.82, 2.24) is 14.9 Å². The lowest BCUT2D eigenvalue weighted by Crippen LogP contribution is -2.35. The molecule has 4 N–H and O–H groups in total. The molecule has 0 saturated carbocycles. The van der Waals surface area contributed by atoms with E-state index in [2.05, 4.69) is 81.7 Å². The fourth-order valence-corrected chi connectivity index (χ4v) is 4.79. The molecule has 2 aromatic carbocycles. The van der Waals surface area contributed by atoms with Gasteiger partial charge in [-0.1, -0.05) is 55.8 Å². The van der Waals surface area contributed by atoms with Crippen LogP contribution in [0.4, 0.5) is 11.5 Å². The summed E-state index contributed by atoms with van der Waals surface area (Å²) in [7, 11) is 0. The molecule has 3 heterocycles. The minimum Gasteiger partial charge on any atom is -0.384 e. The number of hydrogen-bond acceptors (Lipinski definition) is 5. The lowest BCUT2D eigenvalue weighted by molar-refractivity contribution is 0.0342. The van der Waals surface area contributed by atoms with Crippen molar-refractivity contribution in [1.29, 1.82) is 0 Å². The predicted octanol–water partition coefficient (Wildman–Crippen LogP) is 6.21. The molecule has 0 amide bonds. The number of morpholine rings is 1. The highest BCUT2D eigenvalue weighted by molar-refractivity contribution is 5.93. The number of aryl methyl sites for hydroxylation is 1. The summed E-state index contributed by atoms with van der Waals surface area (Å²) >= 11 is 0. The van der Waals surface area contributed by atoms with E-state index < -0.39 is 0 Å². The van der Waals surface area contributed by atoms with Crippen LogP contribution in [-0.2, 0) is 11.3 Å². The summed E-state index contributed by atoms with van der Waals surface area (Å²) in [6, 6.07) is 21.3. The number of pyridine rings is 1. The Morgan fingerprint density at radius 2 is 1.92 bits per heavy atom. The zero-order chi connectivity index (χ0) is 24.9. The van der Waals surface area contributed by atoms with Gasteiger partial charge in [0.25, 0.3) is 0 Å². The average Bonchev–Trinajstić information content (AvgIpc) is 3.32. The molecule has 1 saturated heterocycles. The van der Waals surface area contributed by atoms with Crippen molar-refractivity contribution in [3.63, 3.8) is 0 Å². The van der Waals surface area contributed by atoms with E-state index in [0.29, 0.717) is 5.82 Å². The number of unbranched alkanes of at least 4 members (excludes halogenated alkanes) is 1. The maximum absolute atomic E-state index is 6.23. The van der Waals surface area contributed by atoms with Gasteiger partial charge in [0.1, 0.15) is 5.82 Å². The van der Waals surface area contributed by atoms with Gasteiger partial charge >= 0.3 is 0 Å². The summed E-state index contributed by atoms with van der Waals surface area (Å²) in [4.78, 5) is 10.6. The van der Waals surface area contributed by atoms with Crippen molar-refractivity contribution >= 4 is 28.1 Å². The highest BCUT2D eigenvalue weighted by Gasteiger charge is 2.16. The molecule has 6 heteroatoms. The molecule has 0 unspecified atom stereocenters. The second-order valence-corrected chi connectivity index (χ2v) is 9.45. The van der Waals surface area contributed by atoms with Gasteiger partial charge in [-0.3, -0.25) is 4.90 Å². The number of nitrogens with one attached hydrogen (secondary N) is 2. The number of aromatic amines is 1. The standard InChI is InChI=1S/C30H35N5O/c1-3-4-10-26(23-8-6-5-7-9-23)34-30-21(2)32-29(31)19-25(30)28-18-24-17-22(11-12-27(24)33-28)20-35-13-15-36-16-14-35/h5-12,17-19,33-34H,3-4,13-16,20H2,1-2H3,(H2,31,32)/b26-10-. The van der Waals surface area contributed by atoms with Crippen LogP contribution in [0.15, 0.2) is 66.7 Å². The Morgan fingerprint density at radius 1 is 1.11 bits per heavy atom. The second-order valence-electron chi connectivity index (χ2n) is 9.45. The summed E-state index contributed by atoms with van der Waals surface area (Å²) in [5.41, 5.74) is 14.8. The van der Waals surface area contributed by atoms with E-state index in [1.165, 1.54) is 10.9 Å². The summed E-state index contributed by atoms with van der Waals surface area (Å²) < 4.78 is 5.50. The molecule has 6 nitrogen and oxygen atoms in total. The maximum Gasteiger partial charge on any atom is 0.124 e. The number of allylic oxidation sites excluding steroid dienone is 1. The Balaban J connectivity index is 1.50. The van der Waals surface area contributed by atoms with Crippen LogP contribution in [0.2, 0.25) is 0 Å². The third-order valence-electron chi connectivity index (χ3n) is 6.69. The number of ether oxygens (including phenoxy) is 1. The molecule has 36 heavy (non-hydrogen) atoms. The largest absolute Gasteiger partial charge is 0.384 e. The molecule has 0 radical (unpaired) electrons. The zero-order valence-electron chi connectivity index (χ0n) is 21.2. The van der Waals surface area contributed by atoms with Crippen LogP contribution in [0.3, 0.4) is 0 Å². The number of nitrogens with two attached hydrogens (primary N) is 1. The normalized spacial score (nSPS) is 14.9. The predicted molar refractivity (Wildman–Crippen MR) is 150 cm³/mol. The third kappa shape index (κ3) is 5.45. The van der Waals surface area contributed by atoms with E-state index in [1.807, 2.05) is 19.1 Å². The quantitative estimate of drug-likeness (QED) is 0.279. The molecule has 4 aromatic rings. The second kappa shape index (κ2) is 11.0. The number of H-pyrrole nitrogens is 1. The SMILES string of the molecule is CCC/C=C(\Nc1c(-c2cc3cc(CN4CCOCC4)ccc3[nH]2)cc(N)nc1C)c1ccccc1. The molecule has 0 aliphatic carbocycles. The average molecular weight is 482 g/mol. The Hall–Kier alpha value is -3.61. The fraction of sp³-hybridized carbons (Fsp3) is 0.300. The fourth-order valence-electron chi connectivity index (χ4n) is 4.79. The Bertz CT molecular complexity index is 1350. The molecule has 1 aliphatic heterocycles. The lowest BCUT2D eigenvalue weighted by atomic mass is 10.1. The minimum absolute atomic E-state index is 0.513. The highest BCUT2D eigenvalue weighted by atomic mass is 16.5. The van der Waals surface area contributed by atoms with Crippen LogP contribution >= 0.6 is 0 Å². The van der Waals surface area contributed by atoms with Crippen LogP contribution < -0.4 is 11.1 Å². The third-order valence-corrected chi connectivity index (χ3v) is 6.69. The van der Waals surface area contributed by atoms with Gasteiger partial charge in [-0.15, -0.1) is 0 Å². The Labute approximate surface area is 213 Å². The first-order valence-electron chi connectivity index (χ1n) is 12.8. The van der Waals surface area contributed by atoms with Gasteiger partial charge in [-0.05, 0) is 48.7 Å². The van der Waals surface area contributed by atoms with Crippen molar-refractivity contribution < 1.29 is 4.74 Å². The molecular weight excluding hydrogens is 446 g/mol. The number of anilines is 2. The smallest absolute Gasteiger partial charge is 0.124 e. The van der Waals surface area contributed by atoms with Gasteiger partial charge in [0.15, 0.2) is 0 Å². The number of rotatable bonds is 8. The summed E-state index contributed by atoms with van der Waals surface area (Å²) in [6.45, 7) is 8.73. The first-order chi connectivity index (χ1) is 17.6. The number of nitrogens with zero attached hydrogens (tertiary/aromatic N) is 2. The first-order valence-corrected chi connectivity index (χ1v) is 12.8. The van der Waals surface area contributed by atoms with Crippen LogP contribution in [0.25, 0.3) is 27.9 Å². The molecule has 2 aromatic heterocycles. The van der Waals surface area contributed by atoms with E-state index in [4.69, 9.17) is 10.5 Å². The molecule has 1 aliphatic rings. The van der Waals surface area contributed by atoms with Crippen LogP contribution in [-0.4, -0.2) is 41.2 Å². The molecule has 0 atom stereocenters.